The maximum Gasteiger partial charge on any atom is 0.241 e. The van der Waals surface area contributed by atoms with Crippen molar-refractivity contribution in [2.75, 3.05) is 5.32 Å². The number of hydrogen-bond acceptors (Lipinski definition) is 4. The number of rotatable bonds is 3. The van der Waals surface area contributed by atoms with Gasteiger partial charge in [-0.15, -0.1) is 5.10 Å². The normalized spacial score (nSPS) is 17.0. The first-order valence-corrected chi connectivity index (χ1v) is 8.61. The monoisotopic (exact) mass is 332 g/mol. The van der Waals surface area contributed by atoms with Crippen LogP contribution in [-0.2, 0) is 0 Å². The van der Waals surface area contributed by atoms with Crippen LogP contribution in [0.5, 0.6) is 0 Å². The minimum Gasteiger partial charge on any atom is -0.350 e. The number of nitrogens with one attached hydrogen (secondary N) is 1. The number of anilines is 1. The molecule has 0 aliphatic heterocycles. The largest absolute Gasteiger partial charge is 0.350 e. The molecule has 1 N–H and O–H groups in total. The Kier molecular flexibility index (Phi) is 2.92. The van der Waals surface area contributed by atoms with Crippen LogP contribution in [0.2, 0.25) is 0 Å². The quantitative estimate of drug-likeness (QED) is 0.622. The van der Waals surface area contributed by atoms with Crippen LogP contribution in [0.1, 0.15) is 26.7 Å². The lowest BCUT2D eigenvalue weighted by Gasteiger charge is -2.42. The van der Waals surface area contributed by atoms with Gasteiger partial charge in [-0.2, -0.15) is 0 Å². The third-order valence-corrected chi connectivity index (χ3v) is 5.05. The van der Waals surface area contributed by atoms with Crippen molar-refractivity contribution in [3.8, 4) is 11.1 Å². The second kappa shape index (κ2) is 5.05. The van der Waals surface area contributed by atoms with Gasteiger partial charge in [-0.3, -0.25) is 0 Å². The second-order valence-corrected chi connectivity index (χ2v) is 7.67. The average Bonchev–Trinajstić information content (AvgIpc) is 3.18. The summed E-state index contributed by atoms with van der Waals surface area (Å²) in [5, 5.41) is 8.06. The van der Waals surface area contributed by atoms with E-state index in [2.05, 4.69) is 52.6 Å². The van der Waals surface area contributed by atoms with Crippen molar-refractivity contribution in [2.24, 2.45) is 5.41 Å². The summed E-state index contributed by atoms with van der Waals surface area (Å²) in [6.07, 6.45) is 12.1. The molecule has 1 aliphatic carbocycles. The van der Waals surface area contributed by atoms with Gasteiger partial charge in [0.05, 0.1) is 11.7 Å². The van der Waals surface area contributed by atoms with Crippen molar-refractivity contribution in [3.63, 3.8) is 0 Å². The fourth-order valence-corrected chi connectivity index (χ4v) is 3.85. The Balaban J connectivity index is 1.46. The number of fused-ring (bicyclic) bond motifs is 2. The van der Waals surface area contributed by atoms with Crippen molar-refractivity contribution < 1.29 is 0 Å². The molecule has 5 rings (SSSR count). The van der Waals surface area contributed by atoms with Crippen LogP contribution in [-0.4, -0.2) is 30.0 Å². The molecule has 0 bridgehead atoms. The van der Waals surface area contributed by atoms with E-state index in [1.54, 1.807) is 6.20 Å². The summed E-state index contributed by atoms with van der Waals surface area (Å²) >= 11 is 0. The van der Waals surface area contributed by atoms with E-state index in [0.29, 0.717) is 17.4 Å². The van der Waals surface area contributed by atoms with Crippen molar-refractivity contribution in [1.29, 1.82) is 0 Å². The molecular weight excluding hydrogens is 312 g/mol. The number of nitrogens with zero attached hydrogens (tertiary/aromatic N) is 5. The first-order valence-electron chi connectivity index (χ1n) is 8.61. The van der Waals surface area contributed by atoms with E-state index in [4.69, 9.17) is 0 Å². The number of pyridine rings is 1. The van der Waals surface area contributed by atoms with E-state index in [9.17, 15) is 0 Å². The lowest BCUT2D eigenvalue weighted by Crippen LogP contribution is -2.41. The summed E-state index contributed by atoms with van der Waals surface area (Å²) in [6, 6.07) is 6.66. The molecule has 0 amide bonds. The summed E-state index contributed by atoms with van der Waals surface area (Å²) in [6.45, 7) is 4.59. The van der Waals surface area contributed by atoms with Crippen molar-refractivity contribution in [2.45, 2.75) is 32.7 Å². The molecule has 0 saturated heterocycles. The SMILES string of the molecule is CC1(C)CC(Nc2ncc3c(-c4ccc5nccn5c4)ccn3n2)C1. The van der Waals surface area contributed by atoms with E-state index < -0.39 is 0 Å². The van der Waals surface area contributed by atoms with Crippen molar-refractivity contribution in [3.05, 3.63) is 49.2 Å². The molecule has 126 valence electrons. The van der Waals surface area contributed by atoms with Crippen LogP contribution in [0.25, 0.3) is 22.3 Å². The van der Waals surface area contributed by atoms with Gasteiger partial charge in [0, 0.05) is 42.0 Å². The molecule has 0 spiro atoms. The van der Waals surface area contributed by atoms with Gasteiger partial charge in [0.2, 0.25) is 5.95 Å². The van der Waals surface area contributed by atoms with E-state index in [1.807, 2.05) is 33.6 Å². The highest BCUT2D eigenvalue weighted by molar-refractivity contribution is 5.80. The molecule has 4 aromatic heterocycles. The highest BCUT2D eigenvalue weighted by Crippen LogP contribution is 2.41. The molecule has 1 saturated carbocycles. The van der Waals surface area contributed by atoms with Crippen LogP contribution in [0.15, 0.2) is 49.2 Å². The average molecular weight is 332 g/mol. The lowest BCUT2D eigenvalue weighted by molar-refractivity contribution is 0.167. The Bertz CT molecular complexity index is 1070. The molecule has 0 atom stereocenters. The van der Waals surface area contributed by atoms with Gasteiger partial charge in [0.15, 0.2) is 0 Å². The molecule has 1 fully saturated rings. The molecule has 0 radical (unpaired) electrons. The smallest absolute Gasteiger partial charge is 0.241 e. The standard InChI is InChI=1S/C19H20N6/c1-19(2)9-14(10-19)22-18-21-11-16-15(5-7-25(16)23-18)13-3-4-17-20-6-8-24(17)12-13/h3-8,11-12,14H,9-10H2,1-2H3,(H,22,23). The highest BCUT2D eigenvalue weighted by atomic mass is 15.3. The molecule has 6 nitrogen and oxygen atoms in total. The first-order chi connectivity index (χ1) is 12.1. The van der Waals surface area contributed by atoms with Crippen LogP contribution < -0.4 is 5.32 Å². The van der Waals surface area contributed by atoms with E-state index in [1.165, 1.54) is 0 Å². The molecule has 0 aromatic carbocycles. The minimum absolute atomic E-state index is 0.439. The van der Waals surface area contributed by atoms with Crippen molar-refractivity contribution >= 4 is 17.1 Å². The van der Waals surface area contributed by atoms with Gasteiger partial charge in [-0.1, -0.05) is 13.8 Å². The zero-order valence-electron chi connectivity index (χ0n) is 14.3. The van der Waals surface area contributed by atoms with Gasteiger partial charge in [-0.05, 0) is 36.5 Å². The zero-order chi connectivity index (χ0) is 17.0. The number of aromatic nitrogens is 5. The summed E-state index contributed by atoms with van der Waals surface area (Å²) < 4.78 is 3.92. The van der Waals surface area contributed by atoms with Crippen LogP contribution in [0, 0.1) is 5.41 Å². The maximum atomic E-state index is 4.62. The van der Waals surface area contributed by atoms with Gasteiger partial charge in [0.25, 0.3) is 0 Å². The molecular formula is C19H20N6. The topological polar surface area (TPSA) is 59.5 Å². The maximum absolute atomic E-state index is 4.62. The van der Waals surface area contributed by atoms with E-state index in [0.717, 1.165) is 35.1 Å². The predicted octanol–water partition coefficient (Wildman–Crippen LogP) is 3.64. The van der Waals surface area contributed by atoms with E-state index >= 15 is 0 Å². The summed E-state index contributed by atoms with van der Waals surface area (Å²) in [4.78, 5) is 8.82. The number of imidazole rings is 1. The van der Waals surface area contributed by atoms with E-state index in [-0.39, 0.29) is 0 Å². The van der Waals surface area contributed by atoms with Crippen LogP contribution in [0.3, 0.4) is 0 Å². The highest BCUT2D eigenvalue weighted by Gasteiger charge is 2.36. The van der Waals surface area contributed by atoms with Gasteiger partial charge in [-0.25, -0.2) is 14.5 Å². The Hall–Kier alpha value is -2.89. The first kappa shape index (κ1) is 14.5. The summed E-state index contributed by atoms with van der Waals surface area (Å²) in [7, 11) is 0. The predicted molar refractivity (Wildman–Crippen MR) is 97.6 cm³/mol. The van der Waals surface area contributed by atoms with Crippen LogP contribution >= 0.6 is 0 Å². The second-order valence-electron chi connectivity index (χ2n) is 7.67. The fourth-order valence-electron chi connectivity index (χ4n) is 3.85. The third kappa shape index (κ3) is 2.45. The molecule has 6 heteroatoms. The van der Waals surface area contributed by atoms with Gasteiger partial charge < -0.3 is 9.72 Å². The third-order valence-electron chi connectivity index (χ3n) is 5.05. The summed E-state index contributed by atoms with van der Waals surface area (Å²) in [5.74, 6) is 0.695. The fraction of sp³-hybridized carbons (Fsp3) is 0.316. The zero-order valence-corrected chi connectivity index (χ0v) is 14.3. The molecule has 4 heterocycles. The minimum atomic E-state index is 0.439. The van der Waals surface area contributed by atoms with Gasteiger partial charge >= 0.3 is 0 Å². The summed E-state index contributed by atoms with van der Waals surface area (Å²) in [5.41, 5.74) is 4.62. The van der Waals surface area contributed by atoms with Gasteiger partial charge in [0.1, 0.15) is 5.65 Å². The van der Waals surface area contributed by atoms with Crippen molar-refractivity contribution in [1.82, 2.24) is 24.0 Å². The molecule has 25 heavy (non-hydrogen) atoms. The number of hydrogen-bond donors (Lipinski definition) is 1. The molecule has 1 aliphatic rings. The lowest BCUT2D eigenvalue weighted by atomic mass is 9.68. The Labute approximate surface area is 145 Å². The Morgan fingerprint density at radius 3 is 2.84 bits per heavy atom. The molecule has 4 aromatic rings. The Morgan fingerprint density at radius 2 is 2.00 bits per heavy atom. The molecule has 0 unspecified atom stereocenters. The van der Waals surface area contributed by atoms with Crippen LogP contribution in [0.4, 0.5) is 5.95 Å². The Morgan fingerprint density at radius 1 is 1.12 bits per heavy atom.